The fourth-order valence-corrected chi connectivity index (χ4v) is 5.23. The van der Waals surface area contributed by atoms with Crippen LogP contribution in [0.1, 0.15) is 73.1 Å². The number of esters is 2. The maximum Gasteiger partial charge on any atom is 0.311 e. The van der Waals surface area contributed by atoms with Crippen LogP contribution in [0, 0.1) is 23.2 Å². The summed E-state index contributed by atoms with van der Waals surface area (Å²) >= 11 is 0. The Balaban J connectivity index is 1.84. The number of hydrogen-bond acceptors (Lipinski definition) is 7. The summed E-state index contributed by atoms with van der Waals surface area (Å²) in [5.74, 6) is -0.564. The number of carbonyl (C=O) groups is 2. The van der Waals surface area contributed by atoms with Crippen molar-refractivity contribution in [2.75, 3.05) is 0 Å². The van der Waals surface area contributed by atoms with E-state index in [1.165, 1.54) is 0 Å². The molecule has 0 amide bonds. The molecule has 0 aromatic heterocycles. The van der Waals surface area contributed by atoms with Crippen molar-refractivity contribution < 1.29 is 34.3 Å². The van der Waals surface area contributed by atoms with E-state index in [0.717, 1.165) is 11.1 Å². The van der Waals surface area contributed by atoms with Crippen molar-refractivity contribution in [3.8, 4) is 0 Å². The Hall–Kier alpha value is -1.70. The van der Waals surface area contributed by atoms with Gasteiger partial charge in [-0.15, -0.1) is 0 Å². The molecule has 1 saturated heterocycles. The van der Waals surface area contributed by atoms with Crippen molar-refractivity contribution in [2.45, 2.75) is 97.6 Å². The number of aliphatic hydroxyl groups is 1. The number of hydrogen-bond donors (Lipinski definition) is 2. The van der Waals surface area contributed by atoms with Crippen LogP contribution in [0.5, 0.6) is 0 Å². The molecule has 0 unspecified atom stereocenters. The summed E-state index contributed by atoms with van der Waals surface area (Å²) in [6.45, 7) is 9.83. The molecule has 2 aliphatic carbocycles. The molecule has 0 spiro atoms. The highest BCUT2D eigenvalue weighted by atomic mass is 17.1. The van der Waals surface area contributed by atoms with Crippen LogP contribution in [-0.4, -0.2) is 46.7 Å². The Kier molecular flexibility index (Phi) is 7.84. The standard InChI is InChI=1S/C25H38O7/c1-6-25(4,5)24(28)31-21-10-14(2)9-16-11-20(32-29)15(3)19(23(16)21)8-7-18-12-17(26)13-22(27)30-18/h9,11,15,17-21,23,26,29H,6-8,10,12-13H2,1-5H3/t15-,17-,18-,19+,20-,21+,23+/m1/s1. The maximum absolute atomic E-state index is 12.9. The molecule has 0 radical (unpaired) electrons. The molecule has 1 heterocycles. The molecule has 0 bridgehead atoms. The number of rotatable bonds is 7. The lowest BCUT2D eigenvalue weighted by Crippen LogP contribution is -2.46. The Morgan fingerprint density at radius 2 is 2.00 bits per heavy atom. The van der Waals surface area contributed by atoms with Gasteiger partial charge in [-0.3, -0.25) is 14.8 Å². The van der Waals surface area contributed by atoms with Crippen LogP contribution < -0.4 is 0 Å². The number of cyclic esters (lactones) is 1. The SMILES string of the molecule is CCC(C)(C)C(=O)O[C@H]1CC(C)=CC2=C[C@@H](OO)[C@H](C)[C@H](CC[C@@H]3C[C@@H](O)CC(=O)O3)[C@H]21. The number of aliphatic hydroxyl groups excluding tert-OH is 1. The summed E-state index contributed by atoms with van der Waals surface area (Å²) in [4.78, 5) is 29.5. The first-order valence-corrected chi connectivity index (χ1v) is 11.8. The summed E-state index contributed by atoms with van der Waals surface area (Å²) in [6, 6.07) is 0. The van der Waals surface area contributed by atoms with Gasteiger partial charge in [0.15, 0.2) is 0 Å². The Bertz CT molecular complexity index is 768. The first-order chi connectivity index (χ1) is 15.1. The average molecular weight is 451 g/mol. The first-order valence-electron chi connectivity index (χ1n) is 11.8. The van der Waals surface area contributed by atoms with E-state index in [-0.39, 0.29) is 48.3 Å². The highest BCUT2D eigenvalue weighted by Gasteiger charge is 2.46. The van der Waals surface area contributed by atoms with Gasteiger partial charge in [0.25, 0.3) is 0 Å². The zero-order chi connectivity index (χ0) is 23.6. The number of fused-ring (bicyclic) bond motifs is 1. The van der Waals surface area contributed by atoms with E-state index in [9.17, 15) is 20.0 Å². The number of carbonyl (C=O) groups excluding carboxylic acids is 2. The topological polar surface area (TPSA) is 102 Å². The van der Waals surface area contributed by atoms with Crippen LogP contribution in [0.15, 0.2) is 23.3 Å². The van der Waals surface area contributed by atoms with E-state index in [4.69, 9.17) is 14.4 Å². The van der Waals surface area contributed by atoms with Crippen molar-refractivity contribution in [3.63, 3.8) is 0 Å². The molecule has 7 atom stereocenters. The smallest absolute Gasteiger partial charge is 0.311 e. The van der Waals surface area contributed by atoms with Crippen LogP contribution in [-0.2, 0) is 24.0 Å². The third-order valence-corrected chi connectivity index (χ3v) is 7.61. The van der Waals surface area contributed by atoms with Crippen LogP contribution >= 0.6 is 0 Å². The van der Waals surface area contributed by atoms with Crippen molar-refractivity contribution in [1.29, 1.82) is 0 Å². The van der Waals surface area contributed by atoms with Gasteiger partial charge in [-0.05, 0) is 63.5 Å². The Morgan fingerprint density at radius 1 is 1.28 bits per heavy atom. The normalized spacial score (nSPS) is 35.3. The number of allylic oxidation sites excluding steroid dienone is 1. The van der Waals surface area contributed by atoms with Crippen molar-refractivity contribution in [3.05, 3.63) is 23.3 Å². The van der Waals surface area contributed by atoms with Gasteiger partial charge in [0.05, 0.1) is 17.9 Å². The quantitative estimate of drug-likeness (QED) is 0.340. The fraction of sp³-hybridized carbons (Fsp3) is 0.760. The molecule has 180 valence electrons. The molecule has 3 aliphatic rings. The summed E-state index contributed by atoms with van der Waals surface area (Å²) in [6.07, 6.45) is 5.42. The molecule has 7 nitrogen and oxygen atoms in total. The van der Waals surface area contributed by atoms with Crippen LogP contribution in [0.3, 0.4) is 0 Å². The summed E-state index contributed by atoms with van der Waals surface area (Å²) in [7, 11) is 0. The van der Waals surface area contributed by atoms with Crippen molar-refractivity contribution in [1.82, 2.24) is 0 Å². The first kappa shape index (κ1) is 24.9. The molecular weight excluding hydrogens is 412 g/mol. The van der Waals surface area contributed by atoms with Crippen molar-refractivity contribution >= 4 is 11.9 Å². The van der Waals surface area contributed by atoms with E-state index in [0.29, 0.717) is 32.1 Å². The largest absolute Gasteiger partial charge is 0.462 e. The van der Waals surface area contributed by atoms with Gasteiger partial charge in [0, 0.05) is 18.8 Å². The van der Waals surface area contributed by atoms with E-state index < -0.39 is 17.6 Å². The number of ether oxygens (including phenoxy) is 2. The minimum atomic E-state index is -0.667. The van der Waals surface area contributed by atoms with Gasteiger partial charge < -0.3 is 14.6 Å². The van der Waals surface area contributed by atoms with Gasteiger partial charge in [-0.25, -0.2) is 4.89 Å². The second-order valence-electron chi connectivity index (χ2n) is 10.4. The third kappa shape index (κ3) is 5.43. The second kappa shape index (κ2) is 10.1. The zero-order valence-electron chi connectivity index (χ0n) is 19.9. The van der Waals surface area contributed by atoms with Gasteiger partial charge in [-0.1, -0.05) is 25.5 Å². The highest BCUT2D eigenvalue weighted by Crippen LogP contribution is 2.47. The Labute approximate surface area is 190 Å². The highest BCUT2D eigenvalue weighted by molar-refractivity contribution is 5.76. The molecule has 1 aliphatic heterocycles. The van der Waals surface area contributed by atoms with Crippen LogP contribution in [0.4, 0.5) is 0 Å². The van der Waals surface area contributed by atoms with Gasteiger partial charge in [0.1, 0.15) is 18.3 Å². The lowest BCUT2D eigenvalue weighted by molar-refractivity contribution is -0.282. The molecule has 1 fully saturated rings. The fourth-order valence-electron chi connectivity index (χ4n) is 5.23. The summed E-state index contributed by atoms with van der Waals surface area (Å²) in [5, 5.41) is 19.5. The third-order valence-electron chi connectivity index (χ3n) is 7.61. The summed E-state index contributed by atoms with van der Waals surface area (Å²) in [5.41, 5.74) is 1.58. The van der Waals surface area contributed by atoms with E-state index >= 15 is 0 Å². The lowest BCUT2D eigenvalue weighted by atomic mass is 9.64. The molecule has 0 aromatic rings. The second-order valence-corrected chi connectivity index (χ2v) is 10.4. The van der Waals surface area contributed by atoms with Crippen LogP contribution in [0.25, 0.3) is 0 Å². The predicted octanol–water partition coefficient (Wildman–Crippen LogP) is 4.20. The minimum Gasteiger partial charge on any atom is -0.462 e. The van der Waals surface area contributed by atoms with Gasteiger partial charge in [-0.2, -0.15) is 0 Å². The average Bonchev–Trinajstić information content (AvgIpc) is 2.72. The molecule has 3 rings (SSSR count). The van der Waals surface area contributed by atoms with Crippen LogP contribution in [0.2, 0.25) is 0 Å². The molecule has 0 saturated carbocycles. The van der Waals surface area contributed by atoms with E-state index in [1.807, 2.05) is 40.7 Å². The minimum absolute atomic E-state index is 0.0230. The van der Waals surface area contributed by atoms with Crippen molar-refractivity contribution in [2.24, 2.45) is 23.2 Å². The molecular formula is C25H38O7. The summed E-state index contributed by atoms with van der Waals surface area (Å²) < 4.78 is 11.6. The van der Waals surface area contributed by atoms with E-state index in [2.05, 4.69) is 6.08 Å². The monoisotopic (exact) mass is 450 g/mol. The lowest BCUT2D eigenvalue weighted by Gasteiger charge is -2.45. The zero-order valence-corrected chi connectivity index (χ0v) is 19.9. The molecule has 7 heteroatoms. The molecule has 2 N–H and O–H groups in total. The Morgan fingerprint density at radius 3 is 2.62 bits per heavy atom. The maximum atomic E-state index is 12.9. The van der Waals surface area contributed by atoms with E-state index in [1.54, 1.807) is 0 Å². The van der Waals surface area contributed by atoms with Gasteiger partial charge >= 0.3 is 11.9 Å². The molecule has 0 aromatic carbocycles. The molecule has 32 heavy (non-hydrogen) atoms. The van der Waals surface area contributed by atoms with Gasteiger partial charge in [0.2, 0.25) is 0 Å². The predicted molar refractivity (Wildman–Crippen MR) is 118 cm³/mol.